The van der Waals surface area contributed by atoms with Crippen LogP contribution in [0.5, 0.6) is 0 Å². The largest absolute Gasteiger partial charge is 0.481 e. The minimum Gasteiger partial charge on any atom is -0.481 e. The number of aryl methyl sites for hydroxylation is 2. The number of aliphatic carboxylic acids is 1. The standard InChI is InChI=1S/C16H23NO3S/c1-3-5-13-11(4-2)10-14(21-13)16(20)17(12-6-7-12)9-8-15(18)19/h10,12H,3-9H2,1-2H3,(H,18,19). The zero-order chi connectivity index (χ0) is 15.4. The molecule has 0 radical (unpaired) electrons. The zero-order valence-electron chi connectivity index (χ0n) is 12.7. The number of carboxylic acids is 1. The van der Waals surface area contributed by atoms with Gasteiger partial charge < -0.3 is 10.0 Å². The first-order valence-corrected chi connectivity index (χ1v) is 8.52. The molecule has 0 aliphatic heterocycles. The van der Waals surface area contributed by atoms with Gasteiger partial charge in [-0.25, -0.2) is 0 Å². The number of carboxylic acid groups (broad SMARTS) is 1. The third kappa shape index (κ3) is 4.06. The molecule has 0 saturated heterocycles. The number of hydrogen-bond donors (Lipinski definition) is 1. The molecule has 2 rings (SSSR count). The molecule has 116 valence electrons. The Kier molecular flexibility index (Phi) is 5.39. The molecule has 1 aromatic heterocycles. The average molecular weight is 309 g/mol. The van der Waals surface area contributed by atoms with Crippen LogP contribution in [0, 0.1) is 0 Å². The van der Waals surface area contributed by atoms with Crippen LogP contribution < -0.4 is 0 Å². The van der Waals surface area contributed by atoms with E-state index in [2.05, 4.69) is 13.8 Å². The van der Waals surface area contributed by atoms with Crippen molar-refractivity contribution in [2.24, 2.45) is 0 Å². The van der Waals surface area contributed by atoms with Gasteiger partial charge in [-0.2, -0.15) is 0 Å². The van der Waals surface area contributed by atoms with Gasteiger partial charge in [0.25, 0.3) is 5.91 Å². The highest BCUT2D eigenvalue weighted by Gasteiger charge is 2.34. The molecule has 0 aromatic carbocycles. The zero-order valence-corrected chi connectivity index (χ0v) is 13.5. The van der Waals surface area contributed by atoms with Crippen LogP contribution in [-0.2, 0) is 17.6 Å². The summed E-state index contributed by atoms with van der Waals surface area (Å²) in [6.45, 7) is 4.57. The summed E-state index contributed by atoms with van der Waals surface area (Å²) >= 11 is 1.59. The fourth-order valence-electron chi connectivity index (χ4n) is 2.50. The molecule has 5 heteroatoms. The van der Waals surface area contributed by atoms with E-state index in [1.165, 1.54) is 10.4 Å². The number of amides is 1. The Morgan fingerprint density at radius 1 is 1.38 bits per heavy atom. The Labute approximate surface area is 129 Å². The highest BCUT2D eigenvalue weighted by Crippen LogP contribution is 2.31. The third-order valence-corrected chi connectivity index (χ3v) is 5.01. The van der Waals surface area contributed by atoms with E-state index >= 15 is 0 Å². The highest BCUT2D eigenvalue weighted by atomic mass is 32.1. The summed E-state index contributed by atoms with van der Waals surface area (Å²) in [5.74, 6) is -0.832. The summed E-state index contributed by atoms with van der Waals surface area (Å²) in [7, 11) is 0. The lowest BCUT2D eigenvalue weighted by Gasteiger charge is -2.20. The highest BCUT2D eigenvalue weighted by molar-refractivity contribution is 7.14. The van der Waals surface area contributed by atoms with E-state index in [0.29, 0.717) is 6.54 Å². The SMILES string of the molecule is CCCc1sc(C(=O)N(CCC(=O)O)C2CC2)cc1CC. The average Bonchev–Trinajstić information content (AvgIpc) is 3.19. The molecule has 1 aliphatic rings. The molecule has 0 unspecified atom stereocenters. The molecule has 1 fully saturated rings. The second-order valence-corrected chi connectivity index (χ2v) is 6.67. The fraction of sp³-hybridized carbons (Fsp3) is 0.625. The molecule has 1 amide bonds. The van der Waals surface area contributed by atoms with Crippen molar-refractivity contribution in [1.82, 2.24) is 4.90 Å². The summed E-state index contributed by atoms with van der Waals surface area (Å²) in [4.78, 5) is 27.3. The Balaban J connectivity index is 2.14. The lowest BCUT2D eigenvalue weighted by Crippen LogP contribution is -2.34. The second-order valence-electron chi connectivity index (χ2n) is 5.54. The van der Waals surface area contributed by atoms with Gasteiger partial charge in [0.2, 0.25) is 0 Å². The normalized spacial score (nSPS) is 14.2. The van der Waals surface area contributed by atoms with E-state index in [1.807, 2.05) is 6.07 Å². The molecule has 1 aromatic rings. The van der Waals surface area contributed by atoms with E-state index in [4.69, 9.17) is 5.11 Å². The van der Waals surface area contributed by atoms with E-state index in [1.54, 1.807) is 16.2 Å². The second kappa shape index (κ2) is 7.07. The summed E-state index contributed by atoms with van der Waals surface area (Å²) in [6.07, 6.45) is 5.05. The molecule has 0 spiro atoms. The van der Waals surface area contributed by atoms with Crippen molar-refractivity contribution in [2.45, 2.75) is 58.4 Å². The van der Waals surface area contributed by atoms with Crippen molar-refractivity contribution < 1.29 is 14.7 Å². The van der Waals surface area contributed by atoms with E-state index in [-0.39, 0.29) is 18.4 Å². The van der Waals surface area contributed by atoms with Gasteiger partial charge in [-0.1, -0.05) is 20.3 Å². The maximum Gasteiger partial charge on any atom is 0.305 e. The van der Waals surface area contributed by atoms with Gasteiger partial charge in [-0.3, -0.25) is 9.59 Å². The number of carbonyl (C=O) groups is 2. The Bertz CT molecular complexity index is 520. The minimum atomic E-state index is -0.847. The third-order valence-electron chi connectivity index (χ3n) is 3.78. The predicted octanol–water partition coefficient (Wildman–Crippen LogP) is 3.34. The topological polar surface area (TPSA) is 57.6 Å². The molecule has 4 nitrogen and oxygen atoms in total. The van der Waals surface area contributed by atoms with Gasteiger partial charge in [0.05, 0.1) is 11.3 Å². The van der Waals surface area contributed by atoms with Crippen molar-refractivity contribution in [3.05, 3.63) is 21.4 Å². The number of nitrogens with zero attached hydrogens (tertiary/aromatic N) is 1. The molecular weight excluding hydrogens is 286 g/mol. The summed E-state index contributed by atoms with van der Waals surface area (Å²) in [5.41, 5.74) is 1.26. The number of rotatable bonds is 8. The van der Waals surface area contributed by atoms with Crippen LogP contribution in [-0.4, -0.2) is 34.5 Å². The summed E-state index contributed by atoms with van der Waals surface area (Å²) in [6, 6.07) is 2.26. The van der Waals surface area contributed by atoms with Crippen LogP contribution in [0.4, 0.5) is 0 Å². The number of carbonyl (C=O) groups excluding carboxylic acids is 1. The molecule has 1 aliphatic carbocycles. The van der Waals surface area contributed by atoms with E-state index in [9.17, 15) is 9.59 Å². The van der Waals surface area contributed by atoms with Gasteiger partial charge in [-0.15, -0.1) is 11.3 Å². The van der Waals surface area contributed by atoms with Crippen LogP contribution in [0.2, 0.25) is 0 Å². The van der Waals surface area contributed by atoms with Crippen molar-refractivity contribution in [2.75, 3.05) is 6.54 Å². The van der Waals surface area contributed by atoms with E-state index < -0.39 is 5.97 Å². The Morgan fingerprint density at radius 2 is 2.10 bits per heavy atom. The van der Waals surface area contributed by atoms with Crippen LogP contribution >= 0.6 is 11.3 Å². The monoisotopic (exact) mass is 309 g/mol. The lowest BCUT2D eigenvalue weighted by molar-refractivity contribution is -0.137. The van der Waals surface area contributed by atoms with Gasteiger partial charge in [-0.05, 0) is 37.3 Å². The van der Waals surface area contributed by atoms with Crippen LogP contribution in [0.25, 0.3) is 0 Å². The van der Waals surface area contributed by atoms with Crippen LogP contribution in [0.3, 0.4) is 0 Å². The van der Waals surface area contributed by atoms with Gasteiger partial charge in [0.1, 0.15) is 0 Å². The maximum absolute atomic E-state index is 12.7. The lowest BCUT2D eigenvalue weighted by atomic mass is 10.1. The number of thiophene rings is 1. The first-order chi connectivity index (χ1) is 10.1. The van der Waals surface area contributed by atoms with Gasteiger partial charge in [0.15, 0.2) is 0 Å². The smallest absolute Gasteiger partial charge is 0.305 e. The van der Waals surface area contributed by atoms with Crippen LogP contribution in [0.15, 0.2) is 6.07 Å². The van der Waals surface area contributed by atoms with E-state index in [0.717, 1.165) is 37.0 Å². The van der Waals surface area contributed by atoms with Crippen molar-refractivity contribution in [3.8, 4) is 0 Å². The minimum absolute atomic E-state index is 0.0146. The number of hydrogen-bond acceptors (Lipinski definition) is 3. The Hall–Kier alpha value is -1.36. The molecule has 1 heterocycles. The molecule has 0 bridgehead atoms. The molecule has 0 atom stereocenters. The maximum atomic E-state index is 12.7. The Morgan fingerprint density at radius 3 is 2.62 bits per heavy atom. The summed E-state index contributed by atoms with van der Waals surface area (Å²) in [5, 5.41) is 8.84. The molecular formula is C16H23NO3S. The first-order valence-electron chi connectivity index (χ1n) is 7.71. The molecule has 1 N–H and O–H groups in total. The fourth-order valence-corrected chi connectivity index (χ4v) is 3.82. The summed E-state index contributed by atoms with van der Waals surface area (Å²) < 4.78 is 0. The van der Waals surface area contributed by atoms with Crippen molar-refractivity contribution in [1.29, 1.82) is 0 Å². The van der Waals surface area contributed by atoms with Crippen molar-refractivity contribution >= 4 is 23.2 Å². The quantitative estimate of drug-likeness (QED) is 0.801. The molecule has 21 heavy (non-hydrogen) atoms. The molecule has 1 saturated carbocycles. The van der Waals surface area contributed by atoms with Crippen molar-refractivity contribution in [3.63, 3.8) is 0 Å². The van der Waals surface area contributed by atoms with Gasteiger partial charge in [0, 0.05) is 17.5 Å². The predicted molar refractivity (Wildman–Crippen MR) is 84.0 cm³/mol. The van der Waals surface area contributed by atoms with Crippen LogP contribution in [0.1, 0.15) is 59.6 Å². The van der Waals surface area contributed by atoms with Gasteiger partial charge >= 0.3 is 5.97 Å². The first kappa shape index (κ1) is 16.0.